The zero-order valence-corrected chi connectivity index (χ0v) is 9.56. The first-order valence-electron chi connectivity index (χ1n) is 3.88. The van der Waals surface area contributed by atoms with E-state index in [1.165, 1.54) is 0 Å². The van der Waals surface area contributed by atoms with Crippen molar-refractivity contribution in [2.24, 2.45) is 0 Å². The third kappa shape index (κ3) is 5.39. The highest BCUT2D eigenvalue weighted by molar-refractivity contribution is 7.50. The van der Waals surface area contributed by atoms with Gasteiger partial charge in [-0.2, -0.15) is 17.7 Å². The van der Waals surface area contributed by atoms with E-state index in [1.807, 2.05) is 0 Å². The molecule has 0 aliphatic carbocycles. The standard InChI is InChI=1S/C6F3O10P/c7-1(10)4(13)17-20(16,18-5(14)2(8)11)19-6(15)3(9)12. The van der Waals surface area contributed by atoms with Crippen molar-refractivity contribution in [1.82, 2.24) is 0 Å². The summed E-state index contributed by atoms with van der Waals surface area (Å²) in [6.45, 7) is 0. The fourth-order valence-electron chi connectivity index (χ4n) is 0.468. The molecule has 0 N–H and O–H groups in total. The summed E-state index contributed by atoms with van der Waals surface area (Å²) >= 11 is 0. The summed E-state index contributed by atoms with van der Waals surface area (Å²) in [5.41, 5.74) is 0. The lowest BCUT2D eigenvalue weighted by molar-refractivity contribution is -0.161. The van der Waals surface area contributed by atoms with Gasteiger partial charge >= 0.3 is 43.8 Å². The number of rotatable bonds is 6. The minimum Gasteiger partial charge on any atom is -0.343 e. The van der Waals surface area contributed by atoms with E-state index < -0.39 is 43.8 Å². The summed E-state index contributed by atoms with van der Waals surface area (Å²) in [6.07, 6.45) is 0. The van der Waals surface area contributed by atoms with Gasteiger partial charge in [-0.3, -0.25) is 0 Å². The molecule has 0 saturated heterocycles. The van der Waals surface area contributed by atoms with Crippen LogP contribution in [0.3, 0.4) is 0 Å². The van der Waals surface area contributed by atoms with Crippen molar-refractivity contribution in [3.05, 3.63) is 0 Å². The molecule has 0 heterocycles. The third-order valence-corrected chi connectivity index (χ3v) is 2.23. The van der Waals surface area contributed by atoms with E-state index in [0.29, 0.717) is 0 Å². The molecule has 10 nitrogen and oxygen atoms in total. The molecule has 0 rings (SSSR count). The van der Waals surface area contributed by atoms with E-state index >= 15 is 0 Å². The Bertz CT molecular complexity index is 477. The lowest BCUT2D eigenvalue weighted by Gasteiger charge is -2.12. The van der Waals surface area contributed by atoms with Crippen LogP contribution >= 0.6 is 7.82 Å². The van der Waals surface area contributed by atoms with Crippen LogP contribution in [0.2, 0.25) is 0 Å². The maximum Gasteiger partial charge on any atom is 0.654 e. The number of hydrogen-bond donors (Lipinski definition) is 0. The van der Waals surface area contributed by atoms with Crippen molar-refractivity contribution in [1.29, 1.82) is 0 Å². The number of carbonyl (C=O) groups excluding carboxylic acids is 6. The van der Waals surface area contributed by atoms with E-state index in [9.17, 15) is 46.5 Å². The molecule has 0 aromatic rings. The minimum absolute atomic E-state index is 2.66. The molecular formula is C6F3O10P. The Morgan fingerprint density at radius 1 is 0.600 bits per heavy atom. The van der Waals surface area contributed by atoms with Gasteiger partial charge in [0.2, 0.25) is 0 Å². The number of carbonyl (C=O) groups is 6. The largest absolute Gasteiger partial charge is 0.654 e. The summed E-state index contributed by atoms with van der Waals surface area (Å²) in [4.78, 5) is 60.7. The van der Waals surface area contributed by atoms with Crippen LogP contribution in [0.25, 0.3) is 0 Å². The molecule has 0 aliphatic heterocycles. The van der Waals surface area contributed by atoms with Crippen LogP contribution in [-0.4, -0.2) is 36.0 Å². The Hall–Kier alpha value is -2.56. The van der Waals surface area contributed by atoms with Crippen molar-refractivity contribution in [3.8, 4) is 0 Å². The average Bonchev–Trinajstić information content (AvgIpc) is 2.27. The Morgan fingerprint density at radius 2 is 0.800 bits per heavy atom. The van der Waals surface area contributed by atoms with Gasteiger partial charge in [-0.1, -0.05) is 0 Å². The van der Waals surface area contributed by atoms with E-state index in [1.54, 1.807) is 0 Å². The molecule has 0 aromatic heterocycles. The predicted octanol–water partition coefficient (Wildman–Crippen LogP) is -0.788. The summed E-state index contributed by atoms with van der Waals surface area (Å²) in [5.74, 6) is -7.98. The first kappa shape index (κ1) is 17.4. The van der Waals surface area contributed by atoms with Crippen LogP contribution in [0.4, 0.5) is 13.2 Å². The SMILES string of the molecule is O=C(F)C(=O)OP(=O)(OC(=O)C(=O)F)OC(=O)C(=O)F. The van der Waals surface area contributed by atoms with Gasteiger partial charge in [0, 0.05) is 0 Å². The average molecular weight is 320 g/mol. The van der Waals surface area contributed by atoms with E-state index in [0.717, 1.165) is 0 Å². The van der Waals surface area contributed by atoms with Gasteiger partial charge in [-0.05, 0) is 0 Å². The molecule has 0 atom stereocenters. The first-order chi connectivity index (χ1) is 8.98. The van der Waals surface area contributed by atoms with Gasteiger partial charge < -0.3 is 13.6 Å². The predicted molar refractivity (Wildman–Crippen MR) is 44.2 cm³/mol. The fraction of sp³-hybridized carbons (Fsp3) is 0. The Labute approximate surface area is 105 Å². The number of halogens is 3. The fourth-order valence-corrected chi connectivity index (χ4v) is 1.40. The molecule has 0 bridgehead atoms. The zero-order chi connectivity index (χ0) is 16.1. The maximum atomic E-state index is 11.8. The normalized spacial score (nSPS) is 10.2. The molecule has 20 heavy (non-hydrogen) atoms. The minimum atomic E-state index is -5.98. The number of phosphoric ester groups is 1. The molecule has 0 radical (unpaired) electrons. The van der Waals surface area contributed by atoms with Gasteiger partial charge in [0.1, 0.15) is 0 Å². The van der Waals surface area contributed by atoms with Gasteiger partial charge in [-0.25, -0.2) is 28.8 Å². The maximum absolute atomic E-state index is 11.8. The van der Waals surface area contributed by atoms with Crippen LogP contribution in [0.1, 0.15) is 0 Å². The molecule has 0 unspecified atom stereocenters. The summed E-state index contributed by atoms with van der Waals surface area (Å²) < 4.78 is 56.4. The highest BCUT2D eigenvalue weighted by Gasteiger charge is 2.44. The quantitative estimate of drug-likeness (QED) is 0.346. The zero-order valence-electron chi connectivity index (χ0n) is 8.66. The molecular weight excluding hydrogens is 320 g/mol. The van der Waals surface area contributed by atoms with Gasteiger partial charge in [0.25, 0.3) is 0 Å². The van der Waals surface area contributed by atoms with Crippen molar-refractivity contribution in [3.63, 3.8) is 0 Å². The molecule has 0 spiro atoms. The van der Waals surface area contributed by atoms with Crippen molar-refractivity contribution in [2.45, 2.75) is 0 Å². The van der Waals surface area contributed by atoms with Crippen molar-refractivity contribution in [2.75, 3.05) is 0 Å². The monoisotopic (exact) mass is 320 g/mol. The second-order valence-electron chi connectivity index (χ2n) is 2.40. The lowest BCUT2D eigenvalue weighted by atomic mass is 10.8. The van der Waals surface area contributed by atoms with Crippen LogP contribution < -0.4 is 0 Å². The number of phosphoric acid groups is 1. The number of hydrogen-bond acceptors (Lipinski definition) is 10. The second kappa shape index (κ2) is 6.56. The van der Waals surface area contributed by atoms with Gasteiger partial charge in [0.05, 0.1) is 0 Å². The highest BCUT2D eigenvalue weighted by Crippen LogP contribution is 2.50. The van der Waals surface area contributed by atoms with Gasteiger partial charge in [0.15, 0.2) is 0 Å². The third-order valence-electron chi connectivity index (χ3n) is 1.07. The Morgan fingerprint density at radius 3 is 0.950 bits per heavy atom. The molecule has 0 aliphatic rings. The molecule has 0 saturated carbocycles. The topological polar surface area (TPSA) is 147 Å². The van der Waals surface area contributed by atoms with Crippen molar-refractivity contribution < 1.29 is 60.1 Å². The molecule has 110 valence electrons. The molecule has 0 amide bonds. The lowest BCUT2D eigenvalue weighted by Crippen LogP contribution is -2.21. The van der Waals surface area contributed by atoms with Crippen LogP contribution in [-0.2, 0) is 46.9 Å². The summed E-state index contributed by atoms with van der Waals surface area (Å²) in [5, 5.41) is 0. The van der Waals surface area contributed by atoms with E-state index in [-0.39, 0.29) is 0 Å². The van der Waals surface area contributed by atoms with Gasteiger partial charge in [-0.15, -0.1) is 0 Å². The van der Waals surface area contributed by atoms with Crippen LogP contribution in [0.5, 0.6) is 0 Å². The summed E-state index contributed by atoms with van der Waals surface area (Å²) in [6, 6.07) is -8.80. The highest BCUT2D eigenvalue weighted by atomic mass is 31.2. The summed E-state index contributed by atoms with van der Waals surface area (Å²) in [7, 11) is -5.98. The first-order valence-corrected chi connectivity index (χ1v) is 5.34. The van der Waals surface area contributed by atoms with Crippen LogP contribution in [0.15, 0.2) is 0 Å². The van der Waals surface area contributed by atoms with Crippen molar-refractivity contribution >= 4 is 43.8 Å². The molecule has 0 aromatic carbocycles. The second-order valence-corrected chi connectivity index (χ2v) is 3.85. The Kier molecular flexibility index (Phi) is 5.72. The molecule has 0 fully saturated rings. The van der Waals surface area contributed by atoms with Crippen LogP contribution in [0, 0.1) is 0 Å². The smallest absolute Gasteiger partial charge is 0.343 e. The Balaban J connectivity index is 5.27. The van der Waals surface area contributed by atoms with E-state index in [4.69, 9.17) is 0 Å². The molecule has 14 heteroatoms. The van der Waals surface area contributed by atoms with E-state index in [2.05, 4.69) is 13.6 Å².